The van der Waals surface area contributed by atoms with Crippen molar-refractivity contribution in [3.8, 4) is 11.8 Å². The van der Waals surface area contributed by atoms with Crippen LogP contribution in [0.1, 0.15) is 19.4 Å². The molecule has 1 aromatic heterocycles. The van der Waals surface area contributed by atoms with E-state index in [2.05, 4.69) is 11.2 Å². The normalized spacial score (nSPS) is 11.1. The number of nitrogens with zero attached hydrogens (tertiary/aromatic N) is 3. The summed E-state index contributed by atoms with van der Waals surface area (Å²) < 4.78 is 1.79. The molecule has 0 spiro atoms. The standard InChI is InChI=1S/C13H13N3/c1-13(2,10-14)11-8-15-16(9-11)12-6-4-3-5-7-12/h3-9H,1-2H3. The lowest BCUT2D eigenvalue weighted by atomic mass is 9.89. The smallest absolute Gasteiger partial charge is 0.0797 e. The first kappa shape index (κ1) is 10.4. The van der Waals surface area contributed by atoms with Crippen LogP contribution in [0.4, 0.5) is 0 Å². The van der Waals surface area contributed by atoms with Gasteiger partial charge >= 0.3 is 0 Å². The SMILES string of the molecule is CC(C)(C#N)c1cnn(-c2ccccc2)c1. The molecule has 0 radical (unpaired) electrons. The summed E-state index contributed by atoms with van der Waals surface area (Å²) in [5, 5.41) is 13.3. The molecule has 0 N–H and O–H groups in total. The lowest BCUT2D eigenvalue weighted by Gasteiger charge is -2.11. The maximum Gasteiger partial charge on any atom is 0.0797 e. The quantitative estimate of drug-likeness (QED) is 0.766. The first-order chi connectivity index (χ1) is 7.63. The van der Waals surface area contributed by atoms with E-state index in [4.69, 9.17) is 5.26 Å². The van der Waals surface area contributed by atoms with Gasteiger partial charge in [-0.1, -0.05) is 18.2 Å². The molecule has 3 heteroatoms. The Labute approximate surface area is 94.9 Å². The van der Waals surface area contributed by atoms with Gasteiger partial charge in [-0.2, -0.15) is 10.4 Å². The minimum Gasteiger partial charge on any atom is -0.241 e. The van der Waals surface area contributed by atoms with Gasteiger partial charge in [0.1, 0.15) is 0 Å². The molecule has 0 saturated heterocycles. The number of hydrogen-bond acceptors (Lipinski definition) is 2. The average molecular weight is 211 g/mol. The Morgan fingerprint density at radius 3 is 2.56 bits per heavy atom. The first-order valence-electron chi connectivity index (χ1n) is 5.15. The Balaban J connectivity index is 2.39. The lowest BCUT2D eigenvalue weighted by Crippen LogP contribution is -2.12. The molecule has 0 bridgehead atoms. The second kappa shape index (κ2) is 3.82. The molecular formula is C13H13N3. The topological polar surface area (TPSA) is 41.6 Å². The highest BCUT2D eigenvalue weighted by atomic mass is 15.3. The monoisotopic (exact) mass is 211 g/mol. The molecule has 0 aliphatic carbocycles. The van der Waals surface area contributed by atoms with E-state index in [0.29, 0.717) is 0 Å². The number of rotatable bonds is 2. The lowest BCUT2D eigenvalue weighted by molar-refractivity contribution is 0.686. The van der Waals surface area contributed by atoms with Gasteiger partial charge in [0.2, 0.25) is 0 Å². The van der Waals surface area contributed by atoms with E-state index in [1.807, 2.05) is 50.4 Å². The average Bonchev–Trinajstić information content (AvgIpc) is 2.80. The third-order valence-corrected chi connectivity index (χ3v) is 2.60. The fourth-order valence-electron chi connectivity index (χ4n) is 1.43. The fraction of sp³-hybridized carbons (Fsp3) is 0.231. The maximum atomic E-state index is 9.04. The largest absolute Gasteiger partial charge is 0.241 e. The highest BCUT2D eigenvalue weighted by molar-refractivity contribution is 5.33. The van der Waals surface area contributed by atoms with Gasteiger partial charge in [-0.05, 0) is 26.0 Å². The van der Waals surface area contributed by atoms with Crippen LogP contribution in [0, 0.1) is 11.3 Å². The Morgan fingerprint density at radius 2 is 1.94 bits per heavy atom. The van der Waals surface area contributed by atoms with Gasteiger partial charge in [0, 0.05) is 11.8 Å². The molecule has 2 rings (SSSR count). The van der Waals surface area contributed by atoms with Crippen LogP contribution in [0.15, 0.2) is 42.7 Å². The molecule has 0 aliphatic heterocycles. The van der Waals surface area contributed by atoms with Gasteiger partial charge in [-0.15, -0.1) is 0 Å². The van der Waals surface area contributed by atoms with Gasteiger partial charge in [-0.3, -0.25) is 0 Å². The molecule has 16 heavy (non-hydrogen) atoms. The van der Waals surface area contributed by atoms with E-state index in [-0.39, 0.29) is 0 Å². The Morgan fingerprint density at radius 1 is 1.25 bits per heavy atom. The van der Waals surface area contributed by atoms with Crippen molar-refractivity contribution in [2.45, 2.75) is 19.3 Å². The van der Waals surface area contributed by atoms with Gasteiger partial charge in [0.25, 0.3) is 0 Å². The summed E-state index contributed by atoms with van der Waals surface area (Å²) in [6, 6.07) is 12.1. The summed E-state index contributed by atoms with van der Waals surface area (Å²) in [7, 11) is 0. The molecule has 3 nitrogen and oxygen atoms in total. The molecule has 2 aromatic rings. The van der Waals surface area contributed by atoms with Crippen molar-refractivity contribution < 1.29 is 0 Å². The van der Waals surface area contributed by atoms with Crippen molar-refractivity contribution in [1.82, 2.24) is 9.78 Å². The van der Waals surface area contributed by atoms with Crippen molar-refractivity contribution in [3.63, 3.8) is 0 Å². The summed E-state index contributed by atoms with van der Waals surface area (Å²) >= 11 is 0. The second-order valence-corrected chi connectivity index (χ2v) is 4.25. The maximum absolute atomic E-state index is 9.04. The van der Waals surface area contributed by atoms with Crippen molar-refractivity contribution in [3.05, 3.63) is 48.3 Å². The number of aromatic nitrogens is 2. The second-order valence-electron chi connectivity index (χ2n) is 4.25. The summed E-state index contributed by atoms with van der Waals surface area (Å²) in [4.78, 5) is 0. The van der Waals surface area contributed by atoms with Crippen LogP contribution in [-0.4, -0.2) is 9.78 Å². The summed E-state index contributed by atoms with van der Waals surface area (Å²) in [5.41, 5.74) is 1.44. The number of para-hydroxylation sites is 1. The van der Waals surface area contributed by atoms with Crippen LogP contribution < -0.4 is 0 Å². The van der Waals surface area contributed by atoms with E-state index in [9.17, 15) is 0 Å². The van der Waals surface area contributed by atoms with Crippen LogP contribution in [0.25, 0.3) is 5.69 Å². The number of hydrogen-bond donors (Lipinski definition) is 0. The Kier molecular flexibility index (Phi) is 2.49. The van der Waals surface area contributed by atoms with Gasteiger partial charge in [-0.25, -0.2) is 4.68 Å². The number of nitriles is 1. The molecule has 0 fully saturated rings. The molecule has 0 aliphatic rings. The molecule has 1 heterocycles. The van der Waals surface area contributed by atoms with E-state index in [1.165, 1.54) is 0 Å². The zero-order valence-electron chi connectivity index (χ0n) is 9.38. The van der Waals surface area contributed by atoms with E-state index in [1.54, 1.807) is 10.9 Å². The summed E-state index contributed by atoms with van der Waals surface area (Å²) in [5.74, 6) is 0. The fourth-order valence-corrected chi connectivity index (χ4v) is 1.43. The van der Waals surface area contributed by atoms with Crippen LogP contribution in [-0.2, 0) is 5.41 Å². The van der Waals surface area contributed by atoms with Gasteiger partial charge in [0.15, 0.2) is 0 Å². The van der Waals surface area contributed by atoms with Gasteiger partial charge in [0.05, 0.1) is 23.4 Å². The first-order valence-corrected chi connectivity index (χ1v) is 5.15. The predicted octanol–water partition coefficient (Wildman–Crippen LogP) is 2.67. The van der Waals surface area contributed by atoms with Crippen molar-refractivity contribution >= 4 is 0 Å². The Bertz CT molecular complexity index is 518. The Hall–Kier alpha value is -2.08. The van der Waals surface area contributed by atoms with Crippen LogP contribution >= 0.6 is 0 Å². The van der Waals surface area contributed by atoms with Gasteiger partial charge < -0.3 is 0 Å². The molecular weight excluding hydrogens is 198 g/mol. The van der Waals surface area contributed by atoms with Crippen LogP contribution in [0.5, 0.6) is 0 Å². The molecule has 0 amide bonds. The summed E-state index contributed by atoms with van der Waals surface area (Å²) in [6.45, 7) is 3.78. The third-order valence-electron chi connectivity index (χ3n) is 2.60. The zero-order chi connectivity index (χ0) is 11.6. The third kappa shape index (κ3) is 1.82. The van der Waals surface area contributed by atoms with Crippen molar-refractivity contribution in [2.24, 2.45) is 0 Å². The minimum atomic E-state index is -0.493. The predicted molar refractivity (Wildman–Crippen MR) is 62.2 cm³/mol. The minimum absolute atomic E-state index is 0.493. The van der Waals surface area contributed by atoms with Crippen molar-refractivity contribution in [1.29, 1.82) is 5.26 Å². The van der Waals surface area contributed by atoms with Crippen LogP contribution in [0.3, 0.4) is 0 Å². The van der Waals surface area contributed by atoms with Crippen molar-refractivity contribution in [2.75, 3.05) is 0 Å². The van der Waals surface area contributed by atoms with Crippen LogP contribution in [0.2, 0.25) is 0 Å². The molecule has 0 atom stereocenters. The van der Waals surface area contributed by atoms with E-state index in [0.717, 1.165) is 11.3 Å². The van der Waals surface area contributed by atoms with E-state index < -0.39 is 5.41 Å². The molecule has 0 saturated carbocycles. The molecule has 80 valence electrons. The molecule has 1 aromatic carbocycles. The highest BCUT2D eigenvalue weighted by Gasteiger charge is 2.21. The number of benzene rings is 1. The molecule has 0 unspecified atom stereocenters. The zero-order valence-corrected chi connectivity index (χ0v) is 9.38. The van der Waals surface area contributed by atoms with E-state index >= 15 is 0 Å². The summed E-state index contributed by atoms with van der Waals surface area (Å²) in [6.07, 6.45) is 3.65. The highest BCUT2D eigenvalue weighted by Crippen LogP contribution is 2.22.